The summed E-state index contributed by atoms with van der Waals surface area (Å²) in [6.07, 6.45) is 0. The van der Waals surface area contributed by atoms with Gasteiger partial charge in [-0.2, -0.15) is 11.8 Å². The topological polar surface area (TPSA) is 57.6 Å². The average Bonchev–Trinajstić information content (AvgIpc) is 2.47. The number of rotatable bonds is 4. The minimum absolute atomic E-state index is 0.00760. The molecular weight excluding hydrogens is 294 g/mol. The SMILES string of the molecule is CCS(=O)(=O)C1CSCCN1c1ccc(CO)cc1C. The van der Waals surface area contributed by atoms with Gasteiger partial charge in [-0.05, 0) is 24.1 Å². The molecule has 0 spiro atoms. The van der Waals surface area contributed by atoms with Crippen molar-refractivity contribution >= 4 is 27.3 Å². The predicted molar refractivity (Wildman–Crippen MR) is 85.0 cm³/mol. The molecule has 1 aromatic carbocycles. The fraction of sp³-hybridized carbons (Fsp3) is 0.571. The van der Waals surface area contributed by atoms with Crippen LogP contribution in [0, 0.1) is 6.92 Å². The van der Waals surface area contributed by atoms with Crippen LogP contribution in [0.3, 0.4) is 0 Å². The van der Waals surface area contributed by atoms with E-state index in [1.54, 1.807) is 18.7 Å². The van der Waals surface area contributed by atoms with E-state index in [9.17, 15) is 8.42 Å². The van der Waals surface area contributed by atoms with E-state index in [4.69, 9.17) is 5.11 Å². The third-order valence-corrected chi connectivity index (χ3v) is 6.94. The summed E-state index contributed by atoms with van der Waals surface area (Å²) in [5.74, 6) is 1.73. The number of aryl methyl sites for hydroxylation is 1. The van der Waals surface area contributed by atoms with Gasteiger partial charge in [-0.1, -0.05) is 19.1 Å². The second-order valence-electron chi connectivity index (χ2n) is 4.95. The largest absolute Gasteiger partial charge is 0.392 e. The first-order valence-electron chi connectivity index (χ1n) is 6.76. The number of nitrogens with zero attached hydrogens (tertiary/aromatic N) is 1. The van der Waals surface area contributed by atoms with Crippen molar-refractivity contribution in [2.24, 2.45) is 0 Å². The quantitative estimate of drug-likeness (QED) is 0.918. The molecule has 1 aliphatic rings. The van der Waals surface area contributed by atoms with E-state index in [1.165, 1.54) is 0 Å². The second-order valence-corrected chi connectivity index (χ2v) is 8.55. The Morgan fingerprint density at radius 3 is 2.80 bits per heavy atom. The lowest BCUT2D eigenvalue weighted by molar-refractivity contribution is 0.282. The van der Waals surface area contributed by atoms with Gasteiger partial charge in [0.2, 0.25) is 0 Å². The number of aliphatic hydroxyl groups is 1. The van der Waals surface area contributed by atoms with Gasteiger partial charge in [-0.25, -0.2) is 8.42 Å². The van der Waals surface area contributed by atoms with Crippen molar-refractivity contribution in [1.82, 2.24) is 0 Å². The molecule has 0 saturated carbocycles. The summed E-state index contributed by atoms with van der Waals surface area (Å²) < 4.78 is 24.6. The monoisotopic (exact) mass is 315 g/mol. The molecule has 1 N–H and O–H groups in total. The van der Waals surface area contributed by atoms with Crippen molar-refractivity contribution in [3.8, 4) is 0 Å². The highest BCUT2D eigenvalue weighted by atomic mass is 32.2. The van der Waals surface area contributed by atoms with Crippen molar-refractivity contribution in [2.45, 2.75) is 25.8 Å². The molecule has 1 heterocycles. The summed E-state index contributed by atoms with van der Waals surface area (Å²) in [5.41, 5.74) is 2.83. The molecule has 20 heavy (non-hydrogen) atoms. The first-order chi connectivity index (χ1) is 9.49. The molecule has 1 fully saturated rings. The zero-order valence-electron chi connectivity index (χ0n) is 11.9. The lowest BCUT2D eigenvalue weighted by atomic mass is 10.1. The summed E-state index contributed by atoms with van der Waals surface area (Å²) in [7, 11) is -3.10. The molecule has 0 amide bonds. The minimum Gasteiger partial charge on any atom is -0.392 e. The van der Waals surface area contributed by atoms with Gasteiger partial charge in [0.15, 0.2) is 9.84 Å². The Morgan fingerprint density at radius 1 is 1.45 bits per heavy atom. The van der Waals surface area contributed by atoms with Gasteiger partial charge in [0.25, 0.3) is 0 Å². The molecule has 112 valence electrons. The van der Waals surface area contributed by atoms with Crippen LogP contribution >= 0.6 is 11.8 Å². The van der Waals surface area contributed by atoms with E-state index < -0.39 is 15.2 Å². The maximum atomic E-state index is 12.3. The van der Waals surface area contributed by atoms with E-state index in [2.05, 4.69) is 0 Å². The van der Waals surface area contributed by atoms with Crippen LogP contribution in [0.15, 0.2) is 18.2 Å². The van der Waals surface area contributed by atoms with E-state index in [0.717, 1.165) is 29.1 Å². The maximum absolute atomic E-state index is 12.3. The normalized spacial score (nSPS) is 20.1. The number of anilines is 1. The van der Waals surface area contributed by atoms with Crippen LogP contribution in [0.4, 0.5) is 5.69 Å². The van der Waals surface area contributed by atoms with Crippen LogP contribution in [0.5, 0.6) is 0 Å². The Labute approximate surface area is 125 Å². The fourth-order valence-corrected chi connectivity index (χ4v) is 5.47. The Hall–Kier alpha value is -0.720. The van der Waals surface area contributed by atoms with Gasteiger partial charge in [-0.3, -0.25) is 0 Å². The summed E-state index contributed by atoms with van der Waals surface area (Å²) in [4.78, 5) is 2.01. The molecule has 0 radical (unpaired) electrons. The van der Waals surface area contributed by atoms with Gasteiger partial charge in [0.1, 0.15) is 5.37 Å². The van der Waals surface area contributed by atoms with Crippen molar-refractivity contribution in [2.75, 3.05) is 28.7 Å². The second kappa shape index (κ2) is 6.37. The van der Waals surface area contributed by atoms with E-state index in [0.29, 0.717) is 5.75 Å². The van der Waals surface area contributed by atoms with Crippen molar-refractivity contribution in [3.05, 3.63) is 29.3 Å². The lowest BCUT2D eigenvalue weighted by Crippen LogP contribution is -2.48. The Balaban J connectivity index is 2.38. The Kier molecular flexibility index (Phi) is 4.99. The summed E-state index contributed by atoms with van der Waals surface area (Å²) in [6.45, 7) is 4.42. The van der Waals surface area contributed by atoms with Gasteiger partial charge in [-0.15, -0.1) is 0 Å². The zero-order chi connectivity index (χ0) is 14.8. The average molecular weight is 315 g/mol. The molecule has 1 unspecified atom stereocenters. The molecule has 1 saturated heterocycles. The number of aliphatic hydroxyl groups excluding tert-OH is 1. The summed E-state index contributed by atoms with van der Waals surface area (Å²) in [5, 5.41) is 8.73. The molecule has 1 atom stereocenters. The standard InChI is InChI=1S/C14H21NO3S2/c1-3-20(17,18)14-10-19-7-6-15(14)13-5-4-12(9-16)8-11(13)2/h4-5,8,14,16H,3,6-7,9-10H2,1-2H3. The highest BCUT2D eigenvalue weighted by molar-refractivity contribution is 8.01. The van der Waals surface area contributed by atoms with Crippen LogP contribution in [-0.4, -0.2) is 42.7 Å². The van der Waals surface area contributed by atoms with Crippen LogP contribution < -0.4 is 4.90 Å². The number of hydrogen-bond donors (Lipinski definition) is 1. The van der Waals surface area contributed by atoms with E-state index in [-0.39, 0.29) is 12.4 Å². The molecule has 6 heteroatoms. The number of hydrogen-bond acceptors (Lipinski definition) is 5. The Bertz CT molecular complexity index is 572. The first-order valence-corrected chi connectivity index (χ1v) is 9.63. The van der Waals surface area contributed by atoms with Crippen LogP contribution in [0.25, 0.3) is 0 Å². The maximum Gasteiger partial charge on any atom is 0.171 e. The van der Waals surface area contributed by atoms with E-state index in [1.807, 2.05) is 30.0 Å². The molecule has 1 aliphatic heterocycles. The van der Waals surface area contributed by atoms with Crippen LogP contribution in [0.1, 0.15) is 18.1 Å². The molecule has 0 aromatic heterocycles. The third kappa shape index (κ3) is 3.13. The lowest BCUT2D eigenvalue weighted by Gasteiger charge is -2.37. The predicted octanol–water partition coefficient (Wildman–Crippen LogP) is 1.80. The highest BCUT2D eigenvalue weighted by Crippen LogP contribution is 2.30. The van der Waals surface area contributed by atoms with Gasteiger partial charge >= 0.3 is 0 Å². The van der Waals surface area contributed by atoms with Crippen LogP contribution in [0.2, 0.25) is 0 Å². The van der Waals surface area contributed by atoms with Crippen LogP contribution in [-0.2, 0) is 16.4 Å². The van der Waals surface area contributed by atoms with Gasteiger partial charge in [0.05, 0.1) is 6.61 Å². The molecule has 4 nitrogen and oxygen atoms in total. The number of sulfone groups is 1. The highest BCUT2D eigenvalue weighted by Gasteiger charge is 2.33. The number of thioether (sulfide) groups is 1. The molecule has 0 bridgehead atoms. The smallest absolute Gasteiger partial charge is 0.171 e. The van der Waals surface area contributed by atoms with Crippen molar-refractivity contribution < 1.29 is 13.5 Å². The van der Waals surface area contributed by atoms with Gasteiger partial charge < -0.3 is 10.0 Å². The summed E-state index contributed by atoms with van der Waals surface area (Å²) in [6, 6.07) is 5.71. The third-order valence-electron chi connectivity index (χ3n) is 3.65. The summed E-state index contributed by atoms with van der Waals surface area (Å²) >= 11 is 1.70. The zero-order valence-corrected chi connectivity index (χ0v) is 13.5. The molecule has 0 aliphatic carbocycles. The Morgan fingerprint density at radius 2 is 2.20 bits per heavy atom. The first kappa shape index (κ1) is 15.7. The van der Waals surface area contributed by atoms with Crippen molar-refractivity contribution in [1.29, 1.82) is 0 Å². The van der Waals surface area contributed by atoms with Crippen molar-refractivity contribution in [3.63, 3.8) is 0 Å². The van der Waals surface area contributed by atoms with E-state index >= 15 is 0 Å². The molecular formula is C14H21NO3S2. The minimum atomic E-state index is -3.10. The van der Waals surface area contributed by atoms with Gasteiger partial charge in [0, 0.05) is 29.5 Å². The molecule has 1 aromatic rings. The molecule has 2 rings (SSSR count). The number of benzene rings is 1. The fourth-order valence-electron chi connectivity index (χ4n) is 2.48.